The van der Waals surface area contributed by atoms with Gasteiger partial charge in [0.1, 0.15) is 0 Å². The molecular formula is C18H31N. The molecule has 1 nitrogen and oxygen atoms in total. The molecule has 0 bridgehead atoms. The van der Waals surface area contributed by atoms with Gasteiger partial charge in [-0.05, 0) is 38.9 Å². The molecule has 2 rings (SSSR count). The van der Waals surface area contributed by atoms with Gasteiger partial charge in [-0.25, -0.2) is 0 Å². The predicted molar refractivity (Wildman–Crippen MR) is 85.8 cm³/mol. The third kappa shape index (κ3) is 4.07. The van der Waals surface area contributed by atoms with E-state index < -0.39 is 0 Å². The van der Waals surface area contributed by atoms with Crippen molar-refractivity contribution >= 4 is 0 Å². The van der Waals surface area contributed by atoms with Crippen molar-refractivity contribution in [2.24, 2.45) is 0 Å². The van der Waals surface area contributed by atoms with Crippen molar-refractivity contribution in [3.8, 4) is 0 Å². The first-order valence-corrected chi connectivity index (χ1v) is 7.92. The molecule has 108 valence electrons. The molecule has 1 heteroatoms. The summed E-state index contributed by atoms with van der Waals surface area (Å²) in [6.45, 7) is 10.8. The van der Waals surface area contributed by atoms with Gasteiger partial charge >= 0.3 is 0 Å². The van der Waals surface area contributed by atoms with Crippen molar-refractivity contribution in [1.29, 1.82) is 0 Å². The number of nitrogens with zero attached hydrogens (tertiary/aromatic N) is 1. The van der Waals surface area contributed by atoms with Crippen LogP contribution in [0.4, 0.5) is 0 Å². The number of hydrogen-bond donors (Lipinski definition) is 0. The second-order valence-electron chi connectivity index (χ2n) is 5.68. The molecule has 1 fully saturated rings. The topological polar surface area (TPSA) is 3.24 Å². The van der Waals surface area contributed by atoms with Crippen molar-refractivity contribution in [2.45, 2.75) is 58.8 Å². The number of likely N-dealkylation sites (N-methyl/N-ethyl adjacent to an activating group) is 1. The van der Waals surface area contributed by atoms with Gasteiger partial charge in [-0.15, -0.1) is 0 Å². The molecular weight excluding hydrogens is 230 g/mol. The highest BCUT2D eigenvalue weighted by Crippen LogP contribution is 2.41. The van der Waals surface area contributed by atoms with E-state index in [1.165, 1.54) is 37.8 Å². The highest BCUT2D eigenvalue weighted by atomic mass is 15.1. The molecule has 1 aliphatic rings. The summed E-state index contributed by atoms with van der Waals surface area (Å²) in [7, 11) is 2.24. The van der Waals surface area contributed by atoms with Crippen LogP contribution in [0.3, 0.4) is 0 Å². The highest BCUT2D eigenvalue weighted by Gasteiger charge is 2.36. The van der Waals surface area contributed by atoms with E-state index in [9.17, 15) is 0 Å². The summed E-state index contributed by atoms with van der Waals surface area (Å²) in [4.78, 5) is 2.46. The quantitative estimate of drug-likeness (QED) is 0.753. The van der Waals surface area contributed by atoms with Crippen LogP contribution in [0.2, 0.25) is 0 Å². The van der Waals surface area contributed by atoms with E-state index in [2.05, 4.69) is 50.1 Å². The molecule has 19 heavy (non-hydrogen) atoms. The molecule has 0 unspecified atom stereocenters. The average Bonchev–Trinajstić information content (AvgIpc) is 2.91. The molecule has 0 atom stereocenters. The van der Waals surface area contributed by atoms with Gasteiger partial charge < -0.3 is 4.90 Å². The number of benzene rings is 1. The summed E-state index contributed by atoms with van der Waals surface area (Å²) < 4.78 is 0. The van der Waals surface area contributed by atoms with E-state index in [0.29, 0.717) is 5.41 Å². The van der Waals surface area contributed by atoms with Crippen LogP contribution in [-0.2, 0) is 5.41 Å². The van der Waals surface area contributed by atoms with E-state index in [1.807, 2.05) is 13.8 Å². The third-order valence-electron chi connectivity index (χ3n) is 4.34. The van der Waals surface area contributed by atoms with Crippen LogP contribution in [0.15, 0.2) is 24.3 Å². The monoisotopic (exact) mass is 261 g/mol. The zero-order valence-corrected chi connectivity index (χ0v) is 13.5. The minimum Gasteiger partial charge on any atom is -0.306 e. The van der Waals surface area contributed by atoms with Crippen molar-refractivity contribution in [3.05, 3.63) is 35.4 Å². The van der Waals surface area contributed by atoms with E-state index in [0.717, 1.165) is 6.54 Å². The number of rotatable bonds is 4. The van der Waals surface area contributed by atoms with Gasteiger partial charge in [-0.1, -0.05) is 63.4 Å². The lowest BCUT2D eigenvalue weighted by Crippen LogP contribution is -2.37. The Morgan fingerprint density at radius 3 is 2.05 bits per heavy atom. The maximum atomic E-state index is 2.46. The van der Waals surface area contributed by atoms with Crippen LogP contribution in [-0.4, -0.2) is 25.0 Å². The molecule has 1 aliphatic carbocycles. The van der Waals surface area contributed by atoms with Gasteiger partial charge in [0, 0.05) is 12.0 Å². The Morgan fingerprint density at radius 1 is 1.05 bits per heavy atom. The number of aryl methyl sites for hydroxylation is 1. The molecule has 0 aliphatic heterocycles. The molecule has 0 saturated heterocycles. The Balaban J connectivity index is 0.000000861. The minimum atomic E-state index is 0.429. The normalized spacial score (nSPS) is 17.2. The molecule has 0 heterocycles. The van der Waals surface area contributed by atoms with Gasteiger partial charge in [-0.3, -0.25) is 0 Å². The first-order valence-electron chi connectivity index (χ1n) is 7.92. The summed E-state index contributed by atoms with van der Waals surface area (Å²) in [6, 6.07) is 9.23. The molecule has 0 spiro atoms. The maximum absolute atomic E-state index is 2.46. The molecule has 0 amide bonds. The molecule has 1 aromatic rings. The van der Waals surface area contributed by atoms with Gasteiger partial charge in [0.2, 0.25) is 0 Å². The van der Waals surface area contributed by atoms with Crippen molar-refractivity contribution in [1.82, 2.24) is 4.90 Å². The summed E-state index contributed by atoms with van der Waals surface area (Å²) in [5, 5.41) is 0. The van der Waals surface area contributed by atoms with Gasteiger partial charge in [-0.2, -0.15) is 0 Å². The Morgan fingerprint density at radius 2 is 1.58 bits per heavy atom. The molecule has 0 radical (unpaired) electrons. The first-order chi connectivity index (χ1) is 9.16. The highest BCUT2D eigenvalue weighted by molar-refractivity contribution is 5.30. The lowest BCUT2D eigenvalue weighted by atomic mass is 9.78. The fourth-order valence-electron chi connectivity index (χ4n) is 3.13. The predicted octanol–water partition coefficient (Wildman–Crippen LogP) is 4.78. The largest absolute Gasteiger partial charge is 0.306 e. The number of hydrogen-bond acceptors (Lipinski definition) is 1. The van der Waals surface area contributed by atoms with Crippen LogP contribution in [0.25, 0.3) is 0 Å². The van der Waals surface area contributed by atoms with Crippen molar-refractivity contribution < 1.29 is 0 Å². The van der Waals surface area contributed by atoms with Crippen molar-refractivity contribution in [2.75, 3.05) is 20.1 Å². The lowest BCUT2D eigenvalue weighted by Gasteiger charge is -2.34. The van der Waals surface area contributed by atoms with Crippen LogP contribution < -0.4 is 0 Å². The average molecular weight is 261 g/mol. The standard InChI is InChI=1S/C16H25N.C2H6/c1-4-17(3)13-16(11-5-6-12-16)15-9-7-14(2)8-10-15;1-2/h7-10H,4-6,11-13H2,1-3H3;1-2H3. The fourth-order valence-corrected chi connectivity index (χ4v) is 3.13. The van der Waals surface area contributed by atoms with Gasteiger partial charge in [0.25, 0.3) is 0 Å². The first kappa shape index (κ1) is 16.2. The van der Waals surface area contributed by atoms with Crippen LogP contribution in [0, 0.1) is 6.92 Å². The maximum Gasteiger partial charge on any atom is 0.00801 e. The lowest BCUT2D eigenvalue weighted by molar-refractivity contribution is 0.254. The molecule has 1 aromatic carbocycles. The van der Waals surface area contributed by atoms with Gasteiger partial charge in [0.15, 0.2) is 0 Å². The zero-order chi connectivity index (χ0) is 14.3. The summed E-state index contributed by atoms with van der Waals surface area (Å²) in [6.07, 6.45) is 5.51. The third-order valence-corrected chi connectivity index (χ3v) is 4.34. The minimum absolute atomic E-state index is 0.429. The Hall–Kier alpha value is -0.820. The fraction of sp³-hybridized carbons (Fsp3) is 0.667. The Labute approximate surface area is 120 Å². The summed E-state index contributed by atoms with van der Waals surface area (Å²) >= 11 is 0. The van der Waals surface area contributed by atoms with Crippen LogP contribution >= 0.6 is 0 Å². The SMILES string of the molecule is CC.CCN(C)CC1(c2ccc(C)cc2)CCCC1. The molecule has 1 saturated carbocycles. The van der Waals surface area contributed by atoms with Gasteiger partial charge in [0.05, 0.1) is 0 Å². The second-order valence-corrected chi connectivity index (χ2v) is 5.68. The Bertz CT molecular complexity index is 346. The van der Waals surface area contributed by atoms with E-state index in [1.54, 1.807) is 5.56 Å². The van der Waals surface area contributed by atoms with Crippen molar-refractivity contribution in [3.63, 3.8) is 0 Å². The van der Waals surface area contributed by atoms with E-state index in [-0.39, 0.29) is 0 Å². The van der Waals surface area contributed by atoms with E-state index in [4.69, 9.17) is 0 Å². The summed E-state index contributed by atoms with van der Waals surface area (Å²) in [5.41, 5.74) is 3.35. The molecule has 0 aromatic heterocycles. The molecule has 0 N–H and O–H groups in total. The smallest absolute Gasteiger partial charge is 0.00801 e. The zero-order valence-electron chi connectivity index (χ0n) is 13.5. The van der Waals surface area contributed by atoms with Crippen LogP contribution in [0.1, 0.15) is 57.6 Å². The second kappa shape index (κ2) is 7.69. The van der Waals surface area contributed by atoms with Crippen LogP contribution in [0.5, 0.6) is 0 Å². The summed E-state index contributed by atoms with van der Waals surface area (Å²) in [5.74, 6) is 0. The Kier molecular flexibility index (Phi) is 6.57. The van der Waals surface area contributed by atoms with E-state index >= 15 is 0 Å².